The molecule has 1 aromatic heterocycles. The maximum atomic E-state index is 3.61. The quantitative estimate of drug-likeness (QED) is 0.842. The predicted molar refractivity (Wildman–Crippen MR) is 71.0 cm³/mol. The molecule has 0 radical (unpaired) electrons. The Kier molecular flexibility index (Phi) is 4.00. The van der Waals surface area contributed by atoms with E-state index in [4.69, 9.17) is 0 Å². The van der Waals surface area contributed by atoms with Gasteiger partial charge < -0.3 is 10.6 Å². The minimum absolute atomic E-state index is 0.498. The first-order valence-corrected chi connectivity index (χ1v) is 6.96. The van der Waals surface area contributed by atoms with Gasteiger partial charge in [0.2, 0.25) is 0 Å². The van der Waals surface area contributed by atoms with E-state index in [1.165, 1.54) is 35.7 Å². The number of piperidine rings is 1. The van der Waals surface area contributed by atoms with Gasteiger partial charge in [-0.05, 0) is 50.4 Å². The molecular formula is C13H22N2S. The van der Waals surface area contributed by atoms with Gasteiger partial charge in [0.15, 0.2) is 0 Å². The molecule has 1 saturated heterocycles. The van der Waals surface area contributed by atoms with E-state index in [9.17, 15) is 0 Å². The monoisotopic (exact) mass is 238 g/mol. The highest BCUT2D eigenvalue weighted by Gasteiger charge is 2.25. The SMILES string of the molecule is Cc1ccc(CNCC2(C)CCNCC2)s1. The van der Waals surface area contributed by atoms with Crippen LogP contribution in [0.2, 0.25) is 0 Å². The molecule has 16 heavy (non-hydrogen) atoms. The highest BCUT2D eigenvalue weighted by Crippen LogP contribution is 2.27. The van der Waals surface area contributed by atoms with Crippen molar-refractivity contribution in [2.45, 2.75) is 33.2 Å². The van der Waals surface area contributed by atoms with E-state index >= 15 is 0 Å². The van der Waals surface area contributed by atoms with Crippen molar-refractivity contribution in [3.63, 3.8) is 0 Å². The maximum Gasteiger partial charge on any atom is 0.0300 e. The molecule has 0 aromatic carbocycles. The van der Waals surface area contributed by atoms with Gasteiger partial charge in [-0.25, -0.2) is 0 Å². The fourth-order valence-electron chi connectivity index (χ4n) is 2.27. The van der Waals surface area contributed by atoms with Crippen LogP contribution in [0.1, 0.15) is 29.5 Å². The Bertz CT molecular complexity index is 326. The molecule has 90 valence electrons. The normalized spacial score (nSPS) is 19.9. The van der Waals surface area contributed by atoms with Gasteiger partial charge in [0.05, 0.1) is 0 Å². The zero-order chi connectivity index (χ0) is 11.4. The van der Waals surface area contributed by atoms with Crippen molar-refractivity contribution in [2.24, 2.45) is 5.41 Å². The number of hydrogen-bond donors (Lipinski definition) is 2. The molecule has 0 spiro atoms. The molecule has 3 heteroatoms. The first-order valence-electron chi connectivity index (χ1n) is 6.15. The van der Waals surface area contributed by atoms with Crippen LogP contribution in [0.3, 0.4) is 0 Å². The fraction of sp³-hybridized carbons (Fsp3) is 0.692. The van der Waals surface area contributed by atoms with Crippen LogP contribution in [-0.2, 0) is 6.54 Å². The van der Waals surface area contributed by atoms with E-state index in [1.807, 2.05) is 11.3 Å². The smallest absolute Gasteiger partial charge is 0.0300 e. The lowest BCUT2D eigenvalue weighted by Gasteiger charge is -2.34. The number of rotatable bonds is 4. The minimum Gasteiger partial charge on any atom is -0.317 e. The summed E-state index contributed by atoms with van der Waals surface area (Å²) >= 11 is 1.90. The Labute approximate surface area is 102 Å². The summed E-state index contributed by atoms with van der Waals surface area (Å²) in [5.41, 5.74) is 0.498. The molecular weight excluding hydrogens is 216 g/mol. The van der Waals surface area contributed by atoms with Crippen molar-refractivity contribution in [3.8, 4) is 0 Å². The largest absolute Gasteiger partial charge is 0.317 e. The van der Waals surface area contributed by atoms with Crippen LogP contribution < -0.4 is 10.6 Å². The Balaban J connectivity index is 1.74. The molecule has 1 aromatic rings. The Morgan fingerprint density at radius 3 is 2.75 bits per heavy atom. The van der Waals surface area contributed by atoms with Crippen molar-refractivity contribution in [2.75, 3.05) is 19.6 Å². The van der Waals surface area contributed by atoms with Crippen LogP contribution in [0, 0.1) is 12.3 Å². The summed E-state index contributed by atoms with van der Waals surface area (Å²) in [6.45, 7) is 9.10. The summed E-state index contributed by atoms with van der Waals surface area (Å²) < 4.78 is 0. The van der Waals surface area contributed by atoms with E-state index in [-0.39, 0.29) is 0 Å². The first kappa shape index (κ1) is 12.1. The van der Waals surface area contributed by atoms with Gasteiger partial charge >= 0.3 is 0 Å². The average Bonchev–Trinajstić information content (AvgIpc) is 2.65. The van der Waals surface area contributed by atoms with E-state index in [1.54, 1.807) is 0 Å². The van der Waals surface area contributed by atoms with Crippen LogP contribution in [0.15, 0.2) is 12.1 Å². The molecule has 0 amide bonds. The second kappa shape index (κ2) is 5.30. The fourth-order valence-corrected chi connectivity index (χ4v) is 3.13. The molecule has 2 heterocycles. The standard InChI is InChI=1S/C13H22N2S/c1-11-3-4-12(16-11)9-15-10-13(2)5-7-14-8-6-13/h3-4,14-15H,5-10H2,1-2H3. The van der Waals surface area contributed by atoms with Crippen molar-refractivity contribution in [3.05, 3.63) is 21.9 Å². The Hall–Kier alpha value is -0.380. The highest BCUT2D eigenvalue weighted by molar-refractivity contribution is 7.11. The van der Waals surface area contributed by atoms with Crippen LogP contribution in [-0.4, -0.2) is 19.6 Å². The number of nitrogens with one attached hydrogen (secondary N) is 2. The molecule has 1 aliphatic heterocycles. The van der Waals surface area contributed by atoms with E-state index in [0.29, 0.717) is 5.41 Å². The van der Waals surface area contributed by atoms with Gasteiger partial charge in [0.25, 0.3) is 0 Å². The average molecular weight is 238 g/mol. The summed E-state index contributed by atoms with van der Waals surface area (Å²) in [7, 11) is 0. The molecule has 0 unspecified atom stereocenters. The molecule has 1 fully saturated rings. The third-order valence-electron chi connectivity index (χ3n) is 3.46. The number of hydrogen-bond acceptors (Lipinski definition) is 3. The van der Waals surface area contributed by atoms with Gasteiger partial charge in [-0.3, -0.25) is 0 Å². The molecule has 2 nitrogen and oxygen atoms in total. The highest BCUT2D eigenvalue weighted by atomic mass is 32.1. The second-order valence-corrected chi connectivity index (χ2v) is 6.55. The third-order valence-corrected chi connectivity index (χ3v) is 4.46. The summed E-state index contributed by atoms with van der Waals surface area (Å²) in [5, 5.41) is 7.03. The summed E-state index contributed by atoms with van der Waals surface area (Å²) in [6.07, 6.45) is 2.59. The van der Waals surface area contributed by atoms with Gasteiger partial charge in [0.1, 0.15) is 0 Å². The van der Waals surface area contributed by atoms with Crippen LogP contribution in [0.25, 0.3) is 0 Å². The lowest BCUT2D eigenvalue weighted by atomic mass is 9.81. The molecule has 2 rings (SSSR count). The van der Waals surface area contributed by atoms with Crippen molar-refractivity contribution in [1.82, 2.24) is 10.6 Å². The number of thiophene rings is 1. The van der Waals surface area contributed by atoms with Crippen molar-refractivity contribution < 1.29 is 0 Å². The van der Waals surface area contributed by atoms with Gasteiger partial charge in [-0.1, -0.05) is 6.92 Å². The van der Waals surface area contributed by atoms with Crippen molar-refractivity contribution in [1.29, 1.82) is 0 Å². The van der Waals surface area contributed by atoms with Crippen LogP contribution >= 0.6 is 11.3 Å². The molecule has 0 bridgehead atoms. The molecule has 1 aliphatic rings. The van der Waals surface area contributed by atoms with Gasteiger partial charge in [0, 0.05) is 22.8 Å². The lowest BCUT2D eigenvalue weighted by Crippen LogP contribution is -2.41. The first-order chi connectivity index (χ1) is 7.68. The van der Waals surface area contributed by atoms with Crippen LogP contribution in [0.4, 0.5) is 0 Å². The maximum absolute atomic E-state index is 3.61. The van der Waals surface area contributed by atoms with E-state index < -0.39 is 0 Å². The topological polar surface area (TPSA) is 24.1 Å². The lowest BCUT2D eigenvalue weighted by molar-refractivity contribution is 0.220. The zero-order valence-corrected chi connectivity index (χ0v) is 11.1. The van der Waals surface area contributed by atoms with Gasteiger partial charge in [-0.15, -0.1) is 11.3 Å². The molecule has 0 aliphatic carbocycles. The summed E-state index contributed by atoms with van der Waals surface area (Å²) in [6, 6.07) is 4.44. The van der Waals surface area contributed by atoms with Gasteiger partial charge in [-0.2, -0.15) is 0 Å². The zero-order valence-electron chi connectivity index (χ0n) is 10.3. The van der Waals surface area contributed by atoms with Crippen LogP contribution in [0.5, 0.6) is 0 Å². The Morgan fingerprint density at radius 2 is 2.12 bits per heavy atom. The summed E-state index contributed by atoms with van der Waals surface area (Å²) in [4.78, 5) is 2.86. The number of aryl methyl sites for hydroxylation is 1. The minimum atomic E-state index is 0.498. The van der Waals surface area contributed by atoms with E-state index in [0.717, 1.165) is 13.1 Å². The molecule has 2 N–H and O–H groups in total. The molecule has 0 saturated carbocycles. The third kappa shape index (κ3) is 3.30. The Morgan fingerprint density at radius 1 is 1.38 bits per heavy atom. The predicted octanol–water partition coefficient (Wildman–Crippen LogP) is 2.54. The van der Waals surface area contributed by atoms with Crippen molar-refractivity contribution >= 4 is 11.3 Å². The second-order valence-electron chi connectivity index (χ2n) is 5.18. The molecule has 0 atom stereocenters. The van der Waals surface area contributed by atoms with E-state index in [2.05, 4.69) is 36.6 Å². The summed E-state index contributed by atoms with van der Waals surface area (Å²) in [5.74, 6) is 0.